The molecule has 1 amide bonds. The average Bonchev–Trinajstić information content (AvgIpc) is 3.50. The van der Waals surface area contributed by atoms with Crippen molar-refractivity contribution in [2.45, 2.75) is 32.2 Å². The van der Waals surface area contributed by atoms with Crippen LogP contribution < -0.4 is 11.1 Å². The van der Waals surface area contributed by atoms with Gasteiger partial charge in [0.25, 0.3) is 5.91 Å². The van der Waals surface area contributed by atoms with Crippen LogP contribution in [0.25, 0.3) is 11.2 Å². The topological polar surface area (TPSA) is 117 Å². The first kappa shape index (κ1) is 23.1. The summed E-state index contributed by atoms with van der Waals surface area (Å²) in [5, 5.41) is 3.55. The SMILES string of the molecule is Cc1nc2nc(N)cc(C3Cc4cc(C(=O)N5CCC(C(=O)c6ccc(F)cc6)CC5)ccc4N3)c2[nH]1. The van der Waals surface area contributed by atoms with Crippen molar-refractivity contribution in [3.63, 3.8) is 0 Å². The maximum Gasteiger partial charge on any atom is 0.253 e. The number of ketones is 1. The average molecular weight is 499 g/mol. The molecule has 1 saturated heterocycles. The summed E-state index contributed by atoms with van der Waals surface area (Å²) in [5.41, 5.74) is 11.7. The number of benzene rings is 2. The standard InChI is InChI=1S/C28H27FN6O2/c1-15-31-25-21(14-24(30)34-27(25)32-15)23-13-19-12-18(4-7-22(19)33-23)28(37)35-10-8-17(9-11-35)26(36)16-2-5-20(29)6-3-16/h2-7,12,14,17,23,33H,8-11,13H2,1H3,(H3,30,31,32,34). The number of pyridine rings is 1. The first-order valence-electron chi connectivity index (χ1n) is 12.5. The van der Waals surface area contributed by atoms with E-state index in [0.29, 0.717) is 54.9 Å². The van der Waals surface area contributed by atoms with Gasteiger partial charge in [-0.3, -0.25) is 9.59 Å². The molecule has 1 unspecified atom stereocenters. The summed E-state index contributed by atoms with van der Waals surface area (Å²) >= 11 is 0. The number of carbonyl (C=O) groups excluding carboxylic acids is 2. The summed E-state index contributed by atoms with van der Waals surface area (Å²) in [5.74, 6) is 0.668. The number of halogens is 1. The second-order valence-corrected chi connectivity index (χ2v) is 9.87. The highest BCUT2D eigenvalue weighted by molar-refractivity contribution is 5.98. The van der Waals surface area contributed by atoms with E-state index in [2.05, 4.69) is 20.3 Å². The molecule has 2 aliphatic heterocycles. The van der Waals surface area contributed by atoms with Gasteiger partial charge >= 0.3 is 0 Å². The molecule has 2 aromatic heterocycles. The molecule has 4 heterocycles. The Kier molecular flexibility index (Phi) is 5.62. The lowest BCUT2D eigenvalue weighted by Gasteiger charge is -2.31. The van der Waals surface area contributed by atoms with Crippen molar-refractivity contribution in [2.24, 2.45) is 5.92 Å². The lowest BCUT2D eigenvalue weighted by molar-refractivity contribution is 0.0650. The van der Waals surface area contributed by atoms with Crippen molar-refractivity contribution in [3.8, 4) is 0 Å². The van der Waals surface area contributed by atoms with Crippen LogP contribution in [-0.2, 0) is 6.42 Å². The minimum absolute atomic E-state index is 0.0128. The number of hydrogen-bond acceptors (Lipinski definition) is 6. The number of anilines is 2. The van der Waals surface area contributed by atoms with Gasteiger partial charge in [0.15, 0.2) is 11.4 Å². The largest absolute Gasteiger partial charge is 0.384 e. The van der Waals surface area contributed by atoms with Gasteiger partial charge in [-0.05, 0) is 80.3 Å². The molecule has 1 fully saturated rings. The van der Waals surface area contributed by atoms with E-state index in [-0.39, 0.29) is 29.5 Å². The number of nitrogens with one attached hydrogen (secondary N) is 2. The van der Waals surface area contributed by atoms with E-state index in [9.17, 15) is 14.0 Å². The number of hydrogen-bond donors (Lipinski definition) is 3. The van der Waals surface area contributed by atoms with Gasteiger partial charge in [0.1, 0.15) is 17.5 Å². The number of nitrogen functional groups attached to an aromatic ring is 1. The van der Waals surface area contributed by atoms with E-state index in [4.69, 9.17) is 5.73 Å². The van der Waals surface area contributed by atoms with Crippen molar-refractivity contribution >= 4 is 34.4 Å². The molecule has 0 aliphatic carbocycles. The third-order valence-corrected chi connectivity index (χ3v) is 7.39. The number of rotatable bonds is 4. The van der Waals surface area contributed by atoms with Gasteiger partial charge in [0.2, 0.25) is 0 Å². The first-order chi connectivity index (χ1) is 17.9. The fraction of sp³-hybridized carbons (Fsp3) is 0.286. The summed E-state index contributed by atoms with van der Waals surface area (Å²) in [6.07, 6.45) is 1.90. The Bertz CT molecular complexity index is 1520. The fourth-order valence-electron chi connectivity index (χ4n) is 5.48. The minimum Gasteiger partial charge on any atom is -0.384 e. The molecule has 9 heteroatoms. The van der Waals surface area contributed by atoms with Crippen LogP contribution in [0.15, 0.2) is 48.5 Å². The van der Waals surface area contributed by atoms with Gasteiger partial charge in [0.05, 0.1) is 11.6 Å². The molecule has 0 bridgehead atoms. The lowest BCUT2D eigenvalue weighted by atomic mass is 9.88. The molecular formula is C28H27FN6O2. The smallest absolute Gasteiger partial charge is 0.253 e. The number of amides is 1. The number of aryl methyl sites for hydroxylation is 1. The molecule has 4 N–H and O–H groups in total. The quantitative estimate of drug-likeness (QED) is 0.358. The van der Waals surface area contributed by atoms with Gasteiger partial charge < -0.3 is 20.9 Å². The van der Waals surface area contributed by atoms with E-state index >= 15 is 0 Å². The molecule has 6 rings (SSSR count). The van der Waals surface area contributed by atoms with E-state index in [1.807, 2.05) is 36.1 Å². The maximum absolute atomic E-state index is 13.3. The number of H-pyrrole nitrogens is 1. The number of nitrogens with zero attached hydrogens (tertiary/aromatic N) is 3. The number of aromatic nitrogens is 3. The Morgan fingerprint density at radius 3 is 2.51 bits per heavy atom. The van der Waals surface area contributed by atoms with Crippen LogP contribution in [-0.4, -0.2) is 44.6 Å². The summed E-state index contributed by atoms with van der Waals surface area (Å²) in [6, 6.07) is 13.3. The molecule has 1 atom stereocenters. The second-order valence-electron chi connectivity index (χ2n) is 9.87. The fourth-order valence-corrected chi connectivity index (χ4v) is 5.48. The summed E-state index contributed by atoms with van der Waals surface area (Å²) in [6.45, 7) is 2.92. The van der Waals surface area contributed by atoms with Gasteiger partial charge in [-0.25, -0.2) is 14.4 Å². The summed E-state index contributed by atoms with van der Waals surface area (Å²) in [7, 11) is 0. The van der Waals surface area contributed by atoms with Crippen LogP contribution in [0, 0.1) is 18.7 Å². The predicted octanol–water partition coefficient (Wildman–Crippen LogP) is 4.43. The maximum atomic E-state index is 13.3. The Morgan fingerprint density at radius 1 is 1.03 bits per heavy atom. The van der Waals surface area contributed by atoms with Gasteiger partial charge in [-0.2, -0.15) is 0 Å². The van der Waals surface area contributed by atoms with Crippen molar-refractivity contribution in [1.29, 1.82) is 0 Å². The highest BCUT2D eigenvalue weighted by Gasteiger charge is 2.30. The number of fused-ring (bicyclic) bond motifs is 2. The monoisotopic (exact) mass is 498 g/mol. The van der Waals surface area contributed by atoms with Crippen LogP contribution in [0.4, 0.5) is 15.9 Å². The van der Waals surface area contributed by atoms with Gasteiger partial charge in [0, 0.05) is 41.4 Å². The number of nitrogens with two attached hydrogens (primary N) is 1. The zero-order valence-corrected chi connectivity index (χ0v) is 20.4. The lowest BCUT2D eigenvalue weighted by Crippen LogP contribution is -2.40. The van der Waals surface area contributed by atoms with Crippen molar-refractivity contribution in [2.75, 3.05) is 24.1 Å². The van der Waals surface area contributed by atoms with Crippen LogP contribution in [0.1, 0.15) is 56.6 Å². The van der Waals surface area contributed by atoms with Crippen LogP contribution in [0.2, 0.25) is 0 Å². The highest BCUT2D eigenvalue weighted by Crippen LogP contribution is 2.37. The zero-order valence-electron chi connectivity index (χ0n) is 20.4. The number of likely N-dealkylation sites (tertiary alicyclic amines) is 1. The second kappa shape index (κ2) is 8.99. The first-order valence-corrected chi connectivity index (χ1v) is 12.5. The Labute approximate surface area is 213 Å². The molecule has 2 aliphatic rings. The third-order valence-electron chi connectivity index (χ3n) is 7.39. The molecule has 2 aromatic carbocycles. The highest BCUT2D eigenvalue weighted by atomic mass is 19.1. The molecule has 0 spiro atoms. The number of piperidine rings is 1. The molecular weight excluding hydrogens is 471 g/mol. The number of aromatic amines is 1. The van der Waals surface area contributed by atoms with Crippen molar-refractivity contribution < 1.29 is 14.0 Å². The van der Waals surface area contributed by atoms with Crippen molar-refractivity contribution in [1.82, 2.24) is 19.9 Å². The van der Waals surface area contributed by atoms with E-state index in [1.54, 1.807) is 0 Å². The molecule has 0 radical (unpaired) electrons. The molecule has 8 nitrogen and oxygen atoms in total. The number of carbonyl (C=O) groups is 2. The summed E-state index contributed by atoms with van der Waals surface area (Å²) < 4.78 is 13.2. The van der Waals surface area contributed by atoms with E-state index in [1.165, 1.54) is 24.3 Å². The van der Waals surface area contributed by atoms with E-state index < -0.39 is 0 Å². The Hall–Kier alpha value is -4.27. The Balaban J connectivity index is 1.14. The van der Waals surface area contributed by atoms with Crippen LogP contribution >= 0.6 is 0 Å². The summed E-state index contributed by atoms with van der Waals surface area (Å²) in [4.78, 5) is 39.9. The molecule has 37 heavy (non-hydrogen) atoms. The zero-order chi connectivity index (χ0) is 25.7. The molecule has 188 valence electrons. The van der Waals surface area contributed by atoms with Crippen molar-refractivity contribution in [3.05, 3.63) is 82.4 Å². The normalized spacial score (nSPS) is 17.6. The number of imidazole rings is 1. The van der Waals surface area contributed by atoms with Crippen LogP contribution in [0.3, 0.4) is 0 Å². The predicted molar refractivity (Wildman–Crippen MR) is 139 cm³/mol. The van der Waals surface area contributed by atoms with E-state index in [0.717, 1.165) is 28.2 Å². The molecule has 4 aromatic rings. The van der Waals surface area contributed by atoms with Crippen LogP contribution in [0.5, 0.6) is 0 Å². The minimum atomic E-state index is -0.359. The number of Topliss-reactive ketones (excluding diaryl/α,β-unsaturated/α-hetero) is 1. The third kappa shape index (κ3) is 4.30. The molecule has 0 saturated carbocycles. The van der Waals surface area contributed by atoms with Gasteiger partial charge in [-0.15, -0.1) is 0 Å². The Morgan fingerprint density at radius 2 is 1.76 bits per heavy atom. The van der Waals surface area contributed by atoms with Gasteiger partial charge in [-0.1, -0.05) is 0 Å².